The molecular formula is C38H66Cl4N2O20. The summed E-state index contributed by atoms with van der Waals surface area (Å²) < 4.78 is 132. The van der Waals surface area contributed by atoms with Crippen molar-refractivity contribution in [2.45, 2.75) is 13.1 Å². The highest BCUT2D eigenvalue weighted by Gasteiger charge is 1.98. The summed E-state index contributed by atoms with van der Waals surface area (Å²) >= 11 is 11.3. The summed E-state index contributed by atoms with van der Waals surface area (Å²) in [7, 11) is -9.89. The Kier molecular flexibility index (Phi) is 48.8. The Labute approximate surface area is 389 Å². The van der Waals surface area contributed by atoms with Gasteiger partial charge in [0.1, 0.15) is 0 Å². The normalized spacial score (nSPS) is 18.1. The van der Waals surface area contributed by atoms with Crippen LogP contribution < -0.4 is 48.7 Å². The van der Waals surface area contributed by atoms with Crippen LogP contribution in [0.5, 0.6) is 0 Å². The van der Waals surface area contributed by atoms with E-state index in [9.17, 15) is 0 Å². The minimum Gasteiger partial charge on any atom is -0.377 e. The number of benzene rings is 2. The first kappa shape index (κ1) is 64.8. The topological polar surface area (TPSA) is 351 Å². The predicted octanol–water partition coefficient (Wildman–Crippen LogP) is -7.15. The van der Waals surface area contributed by atoms with Crippen LogP contribution in [0.1, 0.15) is 11.1 Å². The summed E-state index contributed by atoms with van der Waals surface area (Å²) in [6.07, 6.45) is 0. The van der Waals surface area contributed by atoms with Gasteiger partial charge in [-0.2, -0.15) is 0 Å². The molecule has 0 radical (unpaired) electrons. The molecule has 2 aromatic carbocycles. The first-order valence-corrected chi connectivity index (χ1v) is 23.1. The van der Waals surface area contributed by atoms with E-state index in [2.05, 4.69) is 11.5 Å². The van der Waals surface area contributed by atoms with Crippen molar-refractivity contribution in [2.24, 2.45) is 0 Å². The van der Waals surface area contributed by atoms with Crippen LogP contribution in [-0.2, 0) is 69.9 Å². The van der Waals surface area contributed by atoms with E-state index >= 15 is 0 Å². The van der Waals surface area contributed by atoms with Gasteiger partial charge in [0.05, 0.1) is 172 Å². The fourth-order valence-corrected chi connectivity index (χ4v) is 4.19. The molecule has 2 saturated heterocycles. The van der Waals surface area contributed by atoms with Gasteiger partial charge in [-0.15, -0.1) is 20.5 Å². The van der Waals surface area contributed by atoms with Crippen LogP contribution in [-0.4, -0.2) is 159 Å². The molecule has 2 heterocycles. The third-order valence-electron chi connectivity index (χ3n) is 6.87. The summed E-state index contributed by atoms with van der Waals surface area (Å²) in [5.41, 5.74) is 9.93. The molecule has 0 amide bonds. The smallest absolute Gasteiger partial charge is 0.0997 e. The van der Waals surface area contributed by atoms with E-state index < -0.39 is 20.5 Å². The van der Waals surface area contributed by atoms with Crippen LogP contribution in [0.2, 0.25) is 10.0 Å². The Balaban J connectivity index is 0. The van der Waals surface area contributed by atoms with Crippen molar-refractivity contribution in [1.29, 1.82) is 0 Å². The molecule has 0 spiro atoms. The fourth-order valence-electron chi connectivity index (χ4n) is 3.94. The van der Waals surface area contributed by atoms with Crippen LogP contribution in [0.25, 0.3) is 0 Å². The van der Waals surface area contributed by atoms with Gasteiger partial charge in [-0.1, -0.05) is 47.5 Å². The monoisotopic (exact) mass is 1010 g/mol. The van der Waals surface area contributed by atoms with Gasteiger partial charge in [0.25, 0.3) is 0 Å². The standard InChI is InChI=1S/2C12H24O6.2C7H8ClN.2ClHO4/c2*1-2-14-5-6-16-9-10-18-12-11-17-8-7-15-4-3-13-1;2*8-7-3-1-6(5-9)2-4-7;2*2-1(3,4)5/h2*1-12H2;2*1-4H,5,9H2;2*(H,2,3,4,5). The van der Waals surface area contributed by atoms with Crippen LogP contribution in [0.15, 0.2) is 48.5 Å². The second-order valence-electron chi connectivity index (χ2n) is 11.9. The zero-order valence-electron chi connectivity index (χ0n) is 36.1. The maximum absolute atomic E-state index is 8.49. The largest absolute Gasteiger partial charge is 0.377 e. The lowest BCUT2D eigenvalue weighted by molar-refractivity contribution is -2.00. The van der Waals surface area contributed by atoms with Gasteiger partial charge in [0.2, 0.25) is 0 Å². The number of ether oxygens (including phenoxy) is 12. The van der Waals surface area contributed by atoms with E-state index in [1.807, 2.05) is 48.5 Å². The number of rotatable bonds is 2. The van der Waals surface area contributed by atoms with Crippen molar-refractivity contribution >= 4 is 23.2 Å². The van der Waals surface area contributed by atoms with Crippen LogP contribution in [0.4, 0.5) is 0 Å². The number of hydrogen-bond donors (Lipinski definition) is 2. The first-order chi connectivity index (χ1) is 30.7. The Morgan fingerprint density at radius 1 is 0.297 bits per heavy atom. The van der Waals surface area contributed by atoms with Gasteiger partial charge in [-0.3, -0.25) is 0 Å². The second-order valence-corrected chi connectivity index (χ2v) is 14.2. The van der Waals surface area contributed by atoms with E-state index in [1.54, 1.807) is 0 Å². The maximum atomic E-state index is 8.49. The molecule has 376 valence electrons. The zero-order valence-corrected chi connectivity index (χ0v) is 39.1. The average molecular weight is 1010 g/mol. The van der Waals surface area contributed by atoms with Crippen LogP contribution in [0, 0.1) is 20.5 Å². The lowest BCUT2D eigenvalue weighted by Crippen LogP contribution is -2.68. The third kappa shape index (κ3) is 62.8. The summed E-state index contributed by atoms with van der Waals surface area (Å²) in [5, 5.41) is 1.57. The molecule has 64 heavy (non-hydrogen) atoms. The molecule has 0 unspecified atom stereocenters. The van der Waals surface area contributed by atoms with Gasteiger partial charge in [-0.05, 0) is 24.3 Å². The highest BCUT2D eigenvalue weighted by Crippen LogP contribution is 2.08. The van der Waals surface area contributed by atoms with Crippen molar-refractivity contribution in [3.8, 4) is 0 Å². The average Bonchev–Trinajstić information content (AvgIpc) is 3.24. The summed E-state index contributed by atoms with van der Waals surface area (Å²) in [5.74, 6) is 0. The van der Waals surface area contributed by atoms with Gasteiger partial charge in [0.15, 0.2) is 0 Å². The first-order valence-electron chi connectivity index (χ1n) is 19.9. The van der Waals surface area contributed by atoms with E-state index in [-0.39, 0.29) is 0 Å². The molecule has 0 saturated carbocycles. The minimum absolute atomic E-state index is 0.586. The lowest BCUT2D eigenvalue weighted by atomic mass is 10.2. The van der Waals surface area contributed by atoms with Crippen LogP contribution in [0.3, 0.4) is 0 Å². The van der Waals surface area contributed by atoms with Gasteiger partial charge < -0.3 is 68.3 Å². The quantitative estimate of drug-likeness (QED) is 0.282. The lowest BCUT2D eigenvalue weighted by Gasteiger charge is -2.17. The molecule has 4 rings (SSSR count). The summed E-state index contributed by atoms with van der Waals surface area (Å²) in [6, 6.07) is 15.4. The molecule has 2 aromatic rings. The van der Waals surface area contributed by atoms with E-state index in [0.29, 0.717) is 159 Å². The van der Waals surface area contributed by atoms with Crippen molar-refractivity contribution < 1.29 is 126 Å². The molecule has 0 aliphatic carbocycles. The minimum atomic E-state index is -4.94. The number of halogens is 4. The highest BCUT2D eigenvalue weighted by molar-refractivity contribution is 6.30. The molecule has 0 atom stereocenters. The molecule has 2 fully saturated rings. The van der Waals surface area contributed by atoms with Gasteiger partial charge in [-0.25, -0.2) is 37.3 Å². The number of quaternary nitrogens is 2. The second kappa shape index (κ2) is 48.2. The Morgan fingerprint density at radius 2 is 0.406 bits per heavy atom. The predicted molar refractivity (Wildman–Crippen MR) is 206 cm³/mol. The molecule has 2 aliphatic rings. The Bertz CT molecular complexity index is 971. The molecule has 0 bridgehead atoms. The van der Waals surface area contributed by atoms with Crippen molar-refractivity contribution in [2.75, 3.05) is 159 Å². The molecule has 22 nitrogen and oxygen atoms in total. The van der Waals surface area contributed by atoms with Crippen molar-refractivity contribution in [3.63, 3.8) is 0 Å². The zero-order chi connectivity index (χ0) is 47.8. The summed E-state index contributed by atoms with van der Waals surface area (Å²) in [4.78, 5) is 0. The Hall–Kier alpha value is -1.28. The van der Waals surface area contributed by atoms with Crippen LogP contribution >= 0.6 is 23.2 Å². The molecule has 26 heteroatoms. The summed E-state index contributed by atoms with van der Waals surface area (Å²) in [6.45, 7) is 15.7. The SMILES string of the molecule is C1COCCOCCOCCOCCOCCO1.C1COCCOCCOCCOCCOCCO1.[NH3+]Cc1ccc(Cl)cc1.[NH3+]Cc1ccc(Cl)cc1.[O-][Cl+3]([O-])([O-])[O-].[O-][Cl+3]([O-])([O-])[O-]. The van der Waals surface area contributed by atoms with Crippen molar-refractivity contribution in [3.05, 3.63) is 69.7 Å². The Morgan fingerprint density at radius 3 is 0.500 bits per heavy atom. The fraction of sp³-hybridized carbons (Fsp3) is 0.684. The third-order valence-corrected chi connectivity index (χ3v) is 7.37. The molecular weight excluding hydrogens is 946 g/mol. The molecule has 0 aromatic heterocycles. The van der Waals surface area contributed by atoms with Gasteiger partial charge >= 0.3 is 0 Å². The molecule has 6 N–H and O–H groups in total. The maximum Gasteiger partial charge on any atom is 0.0997 e. The highest BCUT2D eigenvalue weighted by atomic mass is 35.7. The van der Waals surface area contributed by atoms with Crippen molar-refractivity contribution in [1.82, 2.24) is 0 Å². The van der Waals surface area contributed by atoms with E-state index in [0.717, 1.165) is 23.1 Å². The van der Waals surface area contributed by atoms with E-state index in [4.69, 9.17) is 117 Å². The number of hydrogen-bond acceptors (Lipinski definition) is 20. The molecule has 2 aliphatic heterocycles. The van der Waals surface area contributed by atoms with Gasteiger partial charge in [0, 0.05) is 21.2 Å². The van der Waals surface area contributed by atoms with E-state index in [1.165, 1.54) is 11.1 Å².